The molecule has 0 radical (unpaired) electrons. The van der Waals surface area contributed by atoms with Crippen molar-refractivity contribution in [3.05, 3.63) is 29.3 Å². The van der Waals surface area contributed by atoms with Gasteiger partial charge in [0.25, 0.3) is 5.91 Å². The van der Waals surface area contributed by atoms with Crippen LogP contribution in [0.1, 0.15) is 29.8 Å². The van der Waals surface area contributed by atoms with Gasteiger partial charge in [-0.2, -0.15) is 0 Å². The number of amides is 2. The van der Waals surface area contributed by atoms with Gasteiger partial charge in [0.1, 0.15) is 6.04 Å². The molecule has 1 rings (SSSR count). The third kappa shape index (κ3) is 5.17. The smallest absolute Gasteiger partial charge is 0.251 e. The van der Waals surface area contributed by atoms with Crippen molar-refractivity contribution < 1.29 is 14.3 Å². The number of nitrogens with two attached hydrogens (primary N) is 1. The first kappa shape index (κ1) is 17.1. The summed E-state index contributed by atoms with van der Waals surface area (Å²) in [5.41, 5.74) is 7.62. The maximum atomic E-state index is 12.0. The van der Waals surface area contributed by atoms with Crippen LogP contribution in [0, 0.1) is 6.92 Å². The van der Waals surface area contributed by atoms with Crippen LogP contribution in [0.25, 0.3) is 0 Å². The SMILES string of the molecule is COCC(N)C(=O)Nc1ccc(C(=O)NC(C)C)c(C)c1. The van der Waals surface area contributed by atoms with Crippen LogP contribution in [0.4, 0.5) is 5.69 Å². The summed E-state index contributed by atoms with van der Waals surface area (Å²) in [6.07, 6.45) is 0. The summed E-state index contributed by atoms with van der Waals surface area (Å²) >= 11 is 0. The van der Waals surface area contributed by atoms with E-state index < -0.39 is 6.04 Å². The van der Waals surface area contributed by atoms with Crippen molar-refractivity contribution in [1.29, 1.82) is 0 Å². The maximum absolute atomic E-state index is 12.0. The first-order valence-electron chi connectivity index (χ1n) is 6.82. The number of hydrogen-bond donors (Lipinski definition) is 3. The summed E-state index contributed by atoms with van der Waals surface area (Å²) in [4.78, 5) is 23.8. The highest BCUT2D eigenvalue weighted by molar-refractivity contribution is 5.98. The summed E-state index contributed by atoms with van der Waals surface area (Å²) in [5.74, 6) is -0.452. The molecule has 1 unspecified atom stereocenters. The van der Waals surface area contributed by atoms with E-state index in [1.165, 1.54) is 7.11 Å². The molecule has 21 heavy (non-hydrogen) atoms. The highest BCUT2D eigenvalue weighted by Crippen LogP contribution is 2.15. The molecule has 116 valence electrons. The van der Waals surface area contributed by atoms with Crippen LogP contribution in [-0.4, -0.2) is 37.6 Å². The number of carbonyl (C=O) groups is 2. The van der Waals surface area contributed by atoms with E-state index in [1.54, 1.807) is 18.2 Å². The molecule has 0 aliphatic heterocycles. The van der Waals surface area contributed by atoms with E-state index in [9.17, 15) is 9.59 Å². The van der Waals surface area contributed by atoms with Gasteiger partial charge in [-0.25, -0.2) is 0 Å². The minimum atomic E-state index is -0.723. The summed E-state index contributed by atoms with van der Waals surface area (Å²) in [6, 6.07) is 4.46. The molecule has 0 bridgehead atoms. The van der Waals surface area contributed by atoms with Gasteiger partial charge in [-0.3, -0.25) is 9.59 Å². The molecule has 0 heterocycles. The van der Waals surface area contributed by atoms with Gasteiger partial charge in [0.05, 0.1) is 6.61 Å². The third-order valence-electron chi connectivity index (χ3n) is 2.84. The Bertz CT molecular complexity index is 515. The Morgan fingerprint density at radius 3 is 2.52 bits per heavy atom. The molecule has 0 saturated heterocycles. The van der Waals surface area contributed by atoms with Crippen molar-refractivity contribution in [1.82, 2.24) is 5.32 Å². The van der Waals surface area contributed by atoms with Crippen LogP contribution < -0.4 is 16.4 Å². The molecular formula is C15H23N3O3. The van der Waals surface area contributed by atoms with E-state index >= 15 is 0 Å². The van der Waals surface area contributed by atoms with Crippen LogP contribution >= 0.6 is 0 Å². The van der Waals surface area contributed by atoms with Gasteiger partial charge < -0.3 is 21.1 Å². The topological polar surface area (TPSA) is 93.4 Å². The zero-order chi connectivity index (χ0) is 16.0. The largest absolute Gasteiger partial charge is 0.383 e. The molecule has 0 fully saturated rings. The first-order chi connectivity index (χ1) is 9.85. The van der Waals surface area contributed by atoms with Crippen molar-refractivity contribution in [2.45, 2.75) is 32.9 Å². The van der Waals surface area contributed by atoms with Gasteiger partial charge in [0.2, 0.25) is 5.91 Å². The number of hydrogen-bond acceptors (Lipinski definition) is 4. The zero-order valence-corrected chi connectivity index (χ0v) is 12.9. The van der Waals surface area contributed by atoms with Crippen molar-refractivity contribution >= 4 is 17.5 Å². The van der Waals surface area contributed by atoms with Crippen LogP contribution in [0.3, 0.4) is 0 Å². The Kier molecular flexibility index (Phi) is 6.33. The lowest BCUT2D eigenvalue weighted by Gasteiger charge is -2.14. The van der Waals surface area contributed by atoms with Crippen LogP contribution in [0.2, 0.25) is 0 Å². The summed E-state index contributed by atoms with van der Waals surface area (Å²) in [7, 11) is 1.49. The normalized spacial score (nSPS) is 12.1. The fourth-order valence-corrected chi connectivity index (χ4v) is 1.83. The molecule has 0 aliphatic rings. The molecule has 1 atom stereocenters. The van der Waals surface area contributed by atoms with E-state index in [0.29, 0.717) is 11.3 Å². The lowest BCUT2D eigenvalue weighted by atomic mass is 10.1. The van der Waals surface area contributed by atoms with Gasteiger partial charge >= 0.3 is 0 Å². The number of ether oxygens (including phenoxy) is 1. The lowest BCUT2D eigenvalue weighted by molar-refractivity contribution is -0.118. The zero-order valence-electron chi connectivity index (χ0n) is 12.9. The van der Waals surface area contributed by atoms with Crippen molar-refractivity contribution in [3.63, 3.8) is 0 Å². The second kappa shape index (κ2) is 7.75. The summed E-state index contributed by atoms with van der Waals surface area (Å²) < 4.78 is 4.83. The second-order valence-corrected chi connectivity index (χ2v) is 5.21. The Labute approximate surface area is 125 Å². The monoisotopic (exact) mass is 293 g/mol. The Morgan fingerprint density at radius 2 is 2.00 bits per heavy atom. The van der Waals surface area contributed by atoms with Crippen LogP contribution in [0.5, 0.6) is 0 Å². The van der Waals surface area contributed by atoms with Gasteiger partial charge in [0.15, 0.2) is 0 Å². The van der Waals surface area contributed by atoms with E-state index in [4.69, 9.17) is 10.5 Å². The predicted octanol–water partition coefficient (Wildman–Crippen LogP) is 1.05. The number of methoxy groups -OCH3 is 1. The Morgan fingerprint density at radius 1 is 1.33 bits per heavy atom. The van der Waals surface area contributed by atoms with E-state index in [1.807, 2.05) is 20.8 Å². The van der Waals surface area contributed by atoms with E-state index in [0.717, 1.165) is 5.56 Å². The van der Waals surface area contributed by atoms with Crippen molar-refractivity contribution in [2.75, 3.05) is 19.0 Å². The predicted molar refractivity (Wildman–Crippen MR) is 82.3 cm³/mol. The highest BCUT2D eigenvalue weighted by atomic mass is 16.5. The minimum Gasteiger partial charge on any atom is -0.383 e. The minimum absolute atomic E-state index is 0.0725. The lowest BCUT2D eigenvalue weighted by Crippen LogP contribution is -2.39. The highest BCUT2D eigenvalue weighted by Gasteiger charge is 2.15. The summed E-state index contributed by atoms with van der Waals surface area (Å²) in [6.45, 7) is 5.78. The van der Waals surface area contributed by atoms with Gasteiger partial charge in [-0.1, -0.05) is 0 Å². The van der Waals surface area contributed by atoms with Crippen molar-refractivity contribution in [2.24, 2.45) is 5.73 Å². The molecule has 1 aromatic rings. The Hall–Kier alpha value is -1.92. The standard InChI is InChI=1S/C15H23N3O3/c1-9(2)17-14(19)12-6-5-11(7-10(12)3)18-15(20)13(16)8-21-4/h5-7,9,13H,8,16H2,1-4H3,(H,17,19)(H,18,20). The van der Waals surface area contributed by atoms with Crippen LogP contribution in [0.15, 0.2) is 18.2 Å². The Balaban J connectivity index is 2.78. The molecule has 4 N–H and O–H groups in total. The number of carbonyl (C=O) groups excluding carboxylic acids is 2. The quantitative estimate of drug-likeness (QED) is 0.730. The molecule has 0 saturated carbocycles. The molecular weight excluding hydrogens is 270 g/mol. The molecule has 2 amide bonds. The number of benzene rings is 1. The maximum Gasteiger partial charge on any atom is 0.251 e. The third-order valence-corrected chi connectivity index (χ3v) is 2.84. The fourth-order valence-electron chi connectivity index (χ4n) is 1.83. The number of anilines is 1. The number of rotatable bonds is 6. The van der Waals surface area contributed by atoms with E-state index in [-0.39, 0.29) is 24.5 Å². The number of nitrogens with one attached hydrogen (secondary N) is 2. The van der Waals surface area contributed by atoms with Gasteiger partial charge in [-0.15, -0.1) is 0 Å². The first-order valence-corrected chi connectivity index (χ1v) is 6.82. The molecule has 6 heteroatoms. The van der Waals surface area contributed by atoms with E-state index in [2.05, 4.69) is 10.6 Å². The van der Waals surface area contributed by atoms with Crippen molar-refractivity contribution in [3.8, 4) is 0 Å². The average molecular weight is 293 g/mol. The molecule has 0 aromatic heterocycles. The average Bonchev–Trinajstić information content (AvgIpc) is 2.37. The fraction of sp³-hybridized carbons (Fsp3) is 0.467. The summed E-state index contributed by atoms with van der Waals surface area (Å²) in [5, 5.41) is 5.53. The molecule has 0 spiro atoms. The molecule has 6 nitrogen and oxygen atoms in total. The molecule has 1 aromatic carbocycles. The second-order valence-electron chi connectivity index (χ2n) is 5.21. The molecule has 0 aliphatic carbocycles. The number of aryl methyl sites for hydroxylation is 1. The van der Waals surface area contributed by atoms with Gasteiger partial charge in [-0.05, 0) is 44.5 Å². The van der Waals surface area contributed by atoms with Crippen LogP contribution in [-0.2, 0) is 9.53 Å². The van der Waals surface area contributed by atoms with Gasteiger partial charge in [0, 0.05) is 24.4 Å².